The van der Waals surface area contributed by atoms with Crippen LogP contribution in [0.2, 0.25) is 0 Å². The van der Waals surface area contributed by atoms with Gasteiger partial charge in [0.05, 0.1) is 10.6 Å². The molecule has 0 spiro atoms. The van der Waals surface area contributed by atoms with E-state index in [-0.39, 0.29) is 11.8 Å². The first kappa shape index (κ1) is 13.7. The highest BCUT2D eigenvalue weighted by Gasteiger charge is 2.30. The molecule has 0 bridgehead atoms. The first-order valence-electron chi connectivity index (χ1n) is 5.87. The van der Waals surface area contributed by atoms with Crippen molar-refractivity contribution in [1.29, 1.82) is 0 Å². The molecule has 3 aromatic rings. The highest BCUT2D eigenvalue weighted by molar-refractivity contribution is 7.09. The molecule has 0 atom stereocenters. The Morgan fingerprint density at radius 3 is 2.29 bits per heavy atom. The molecule has 0 aliphatic heterocycles. The standard InChI is InChI=1S/C13H8F3N3OS/c1-7-17-10(6-21-7)12-19-18-11(20-12)8-2-4-9(5-3-8)13(14,15)16/h2-6H,1H3. The summed E-state index contributed by atoms with van der Waals surface area (Å²) in [6.45, 7) is 1.85. The van der Waals surface area contributed by atoms with E-state index in [0.29, 0.717) is 11.3 Å². The number of alkyl halides is 3. The molecule has 0 aliphatic carbocycles. The molecule has 2 aromatic heterocycles. The van der Waals surface area contributed by atoms with Crippen LogP contribution in [0.1, 0.15) is 10.6 Å². The van der Waals surface area contributed by atoms with Crippen molar-refractivity contribution in [3.8, 4) is 23.0 Å². The number of halogens is 3. The summed E-state index contributed by atoms with van der Waals surface area (Å²) in [5, 5.41) is 10.3. The summed E-state index contributed by atoms with van der Waals surface area (Å²) in [4.78, 5) is 4.21. The number of benzene rings is 1. The van der Waals surface area contributed by atoms with Gasteiger partial charge in [0.2, 0.25) is 5.89 Å². The molecule has 0 N–H and O–H groups in total. The zero-order valence-corrected chi connectivity index (χ0v) is 11.5. The van der Waals surface area contributed by atoms with Crippen LogP contribution < -0.4 is 0 Å². The molecule has 4 nitrogen and oxygen atoms in total. The third-order valence-electron chi connectivity index (χ3n) is 2.72. The predicted octanol–water partition coefficient (Wildman–Crippen LogP) is 4.19. The van der Waals surface area contributed by atoms with Crippen molar-refractivity contribution < 1.29 is 17.6 Å². The topological polar surface area (TPSA) is 51.8 Å². The van der Waals surface area contributed by atoms with Crippen molar-refractivity contribution in [3.05, 3.63) is 40.2 Å². The van der Waals surface area contributed by atoms with Gasteiger partial charge in [0, 0.05) is 10.9 Å². The maximum absolute atomic E-state index is 12.5. The minimum atomic E-state index is -4.36. The quantitative estimate of drug-likeness (QED) is 0.712. The van der Waals surface area contributed by atoms with E-state index in [2.05, 4.69) is 15.2 Å². The predicted molar refractivity (Wildman–Crippen MR) is 70.6 cm³/mol. The number of rotatable bonds is 2. The minimum absolute atomic E-state index is 0.157. The average molecular weight is 311 g/mol. The van der Waals surface area contributed by atoms with Crippen LogP contribution >= 0.6 is 11.3 Å². The molecule has 0 fully saturated rings. The van der Waals surface area contributed by atoms with Crippen molar-refractivity contribution in [2.45, 2.75) is 13.1 Å². The van der Waals surface area contributed by atoms with Crippen LogP contribution in [0, 0.1) is 6.92 Å². The van der Waals surface area contributed by atoms with Gasteiger partial charge in [-0.25, -0.2) is 4.98 Å². The Kier molecular flexibility index (Phi) is 3.25. The van der Waals surface area contributed by atoms with Crippen LogP contribution in [-0.4, -0.2) is 15.2 Å². The van der Waals surface area contributed by atoms with E-state index in [1.165, 1.54) is 23.5 Å². The summed E-state index contributed by atoms with van der Waals surface area (Å²) in [6, 6.07) is 4.55. The van der Waals surface area contributed by atoms with Gasteiger partial charge in [0.15, 0.2) is 0 Å². The van der Waals surface area contributed by atoms with Crippen LogP contribution in [0.25, 0.3) is 23.0 Å². The molecule has 1 aromatic carbocycles. The lowest BCUT2D eigenvalue weighted by Gasteiger charge is -2.05. The molecule has 21 heavy (non-hydrogen) atoms. The van der Waals surface area contributed by atoms with Crippen molar-refractivity contribution >= 4 is 11.3 Å². The molecule has 3 rings (SSSR count). The Morgan fingerprint density at radius 1 is 1.05 bits per heavy atom. The van der Waals surface area contributed by atoms with Gasteiger partial charge < -0.3 is 4.42 Å². The van der Waals surface area contributed by atoms with Gasteiger partial charge >= 0.3 is 6.18 Å². The Balaban J connectivity index is 1.90. The molecule has 0 saturated carbocycles. The molecule has 2 heterocycles. The van der Waals surface area contributed by atoms with Crippen LogP contribution in [-0.2, 0) is 6.18 Å². The number of hydrogen-bond acceptors (Lipinski definition) is 5. The van der Waals surface area contributed by atoms with Gasteiger partial charge in [-0.15, -0.1) is 21.5 Å². The maximum Gasteiger partial charge on any atom is 0.416 e. The number of aromatic nitrogens is 3. The fraction of sp³-hybridized carbons (Fsp3) is 0.154. The van der Waals surface area contributed by atoms with Gasteiger partial charge in [0.25, 0.3) is 5.89 Å². The smallest absolute Gasteiger partial charge is 0.415 e. The second kappa shape index (κ2) is 4.96. The van der Waals surface area contributed by atoms with Crippen molar-refractivity contribution in [3.63, 3.8) is 0 Å². The van der Waals surface area contributed by atoms with E-state index in [1.54, 1.807) is 5.38 Å². The number of thiazole rings is 1. The molecule has 8 heteroatoms. The summed E-state index contributed by atoms with van der Waals surface area (Å²) < 4.78 is 42.9. The number of nitrogens with zero attached hydrogens (tertiary/aromatic N) is 3. The summed E-state index contributed by atoms with van der Waals surface area (Å²) in [6.07, 6.45) is -4.36. The maximum atomic E-state index is 12.5. The van der Waals surface area contributed by atoms with Crippen molar-refractivity contribution in [1.82, 2.24) is 15.2 Å². The third-order valence-corrected chi connectivity index (χ3v) is 3.50. The first-order valence-corrected chi connectivity index (χ1v) is 6.75. The van der Waals surface area contributed by atoms with Crippen LogP contribution in [0.3, 0.4) is 0 Å². The van der Waals surface area contributed by atoms with E-state index in [1.807, 2.05) is 6.92 Å². The number of hydrogen-bond donors (Lipinski definition) is 0. The molecular weight excluding hydrogens is 303 g/mol. The molecule has 0 radical (unpaired) electrons. The lowest BCUT2D eigenvalue weighted by atomic mass is 10.1. The zero-order chi connectivity index (χ0) is 15.0. The minimum Gasteiger partial charge on any atom is -0.415 e. The summed E-state index contributed by atoms with van der Waals surface area (Å²) >= 11 is 1.45. The molecular formula is C13H8F3N3OS. The normalized spacial score (nSPS) is 11.8. The fourth-order valence-corrected chi connectivity index (χ4v) is 2.29. The highest BCUT2D eigenvalue weighted by Crippen LogP contribution is 2.31. The Labute approximate surface area is 121 Å². The Hall–Kier alpha value is -2.22. The van der Waals surface area contributed by atoms with Gasteiger partial charge in [-0.3, -0.25) is 0 Å². The van der Waals surface area contributed by atoms with E-state index in [0.717, 1.165) is 17.1 Å². The Morgan fingerprint density at radius 2 is 1.71 bits per heavy atom. The molecule has 0 saturated heterocycles. The average Bonchev–Trinajstić information content (AvgIpc) is 3.06. The monoisotopic (exact) mass is 311 g/mol. The lowest BCUT2D eigenvalue weighted by Crippen LogP contribution is -2.03. The largest absolute Gasteiger partial charge is 0.416 e. The van der Waals surface area contributed by atoms with E-state index in [9.17, 15) is 13.2 Å². The second-order valence-corrected chi connectivity index (χ2v) is 5.30. The zero-order valence-electron chi connectivity index (χ0n) is 10.7. The van der Waals surface area contributed by atoms with Crippen LogP contribution in [0.5, 0.6) is 0 Å². The SMILES string of the molecule is Cc1nc(-c2nnc(-c3ccc(C(F)(F)F)cc3)o2)cs1. The summed E-state index contributed by atoms with van der Waals surface area (Å²) in [5.41, 5.74) is 0.262. The number of aryl methyl sites for hydroxylation is 1. The van der Waals surface area contributed by atoms with E-state index in [4.69, 9.17) is 4.42 Å². The van der Waals surface area contributed by atoms with Crippen LogP contribution in [0.4, 0.5) is 13.2 Å². The molecule has 108 valence electrons. The highest BCUT2D eigenvalue weighted by atomic mass is 32.1. The Bertz CT molecular complexity index is 762. The van der Waals surface area contributed by atoms with Gasteiger partial charge in [-0.05, 0) is 31.2 Å². The van der Waals surface area contributed by atoms with Crippen molar-refractivity contribution in [2.24, 2.45) is 0 Å². The van der Waals surface area contributed by atoms with Gasteiger partial charge in [-0.1, -0.05) is 0 Å². The van der Waals surface area contributed by atoms with Gasteiger partial charge in [-0.2, -0.15) is 13.2 Å². The lowest BCUT2D eigenvalue weighted by molar-refractivity contribution is -0.137. The van der Waals surface area contributed by atoms with Gasteiger partial charge in [0.1, 0.15) is 5.69 Å². The fourth-order valence-electron chi connectivity index (χ4n) is 1.71. The molecule has 0 aliphatic rings. The molecule has 0 unspecified atom stereocenters. The van der Waals surface area contributed by atoms with Crippen molar-refractivity contribution in [2.75, 3.05) is 0 Å². The summed E-state index contributed by atoms with van der Waals surface area (Å²) in [7, 11) is 0. The first-order chi connectivity index (χ1) is 9.93. The molecule has 0 amide bonds. The summed E-state index contributed by atoms with van der Waals surface area (Å²) in [5.74, 6) is 0.402. The van der Waals surface area contributed by atoms with E-state index < -0.39 is 11.7 Å². The van der Waals surface area contributed by atoms with Crippen LogP contribution in [0.15, 0.2) is 34.1 Å². The second-order valence-electron chi connectivity index (χ2n) is 4.24. The van der Waals surface area contributed by atoms with E-state index >= 15 is 0 Å². The third kappa shape index (κ3) is 2.80.